The molecule has 0 fully saturated rings. The molecule has 1 heterocycles. The molecule has 0 N–H and O–H groups in total. The standard InChI is InChI=1S/C19H16BrN3S/c1-21-19-23(18(12-24-19)14-6-9-15(20)10-7-14)22-17-11-8-13-4-2-3-5-16(13)17/h2-7,9-10,12H,8,11H2,1H3. The molecule has 0 saturated carbocycles. The molecule has 1 aliphatic carbocycles. The average molecular weight is 398 g/mol. The quantitative estimate of drug-likeness (QED) is 0.599. The summed E-state index contributed by atoms with van der Waals surface area (Å²) in [4.78, 5) is 5.30. The van der Waals surface area contributed by atoms with Crippen molar-refractivity contribution < 1.29 is 0 Å². The summed E-state index contributed by atoms with van der Waals surface area (Å²) in [7, 11) is 1.82. The summed E-state index contributed by atoms with van der Waals surface area (Å²) in [5.41, 5.74) is 5.99. The van der Waals surface area contributed by atoms with Crippen molar-refractivity contribution in [2.45, 2.75) is 12.8 Å². The van der Waals surface area contributed by atoms with Crippen LogP contribution in [0.5, 0.6) is 0 Å². The molecule has 0 unspecified atom stereocenters. The van der Waals surface area contributed by atoms with Crippen molar-refractivity contribution in [2.24, 2.45) is 10.1 Å². The molecule has 1 aromatic heterocycles. The third-order valence-electron chi connectivity index (χ3n) is 4.20. The third kappa shape index (κ3) is 2.78. The summed E-state index contributed by atoms with van der Waals surface area (Å²) in [6, 6.07) is 16.8. The minimum atomic E-state index is 0.907. The normalized spacial score (nSPS) is 15.9. The van der Waals surface area contributed by atoms with Crippen LogP contribution in [0.1, 0.15) is 17.5 Å². The average Bonchev–Trinajstić information content (AvgIpc) is 3.21. The first-order chi connectivity index (χ1) is 11.8. The fraction of sp³-hybridized carbons (Fsp3) is 0.158. The lowest BCUT2D eigenvalue weighted by Gasteiger charge is -2.06. The predicted molar refractivity (Wildman–Crippen MR) is 104 cm³/mol. The highest BCUT2D eigenvalue weighted by Crippen LogP contribution is 2.25. The number of fused-ring (bicyclic) bond motifs is 1. The Balaban J connectivity index is 1.86. The molecule has 0 spiro atoms. The number of rotatable bonds is 2. The van der Waals surface area contributed by atoms with Gasteiger partial charge in [0.1, 0.15) is 0 Å². The van der Waals surface area contributed by atoms with Gasteiger partial charge >= 0.3 is 0 Å². The maximum atomic E-state index is 4.97. The Labute approximate surface area is 153 Å². The first-order valence-corrected chi connectivity index (χ1v) is 9.49. The molecular weight excluding hydrogens is 382 g/mol. The molecule has 24 heavy (non-hydrogen) atoms. The molecule has 5 heteroatoms. The van der Waals surface area contributed by atoms with E-state index in [1.807, 2.05) is 11.7 Å². The second-order valence-electron chi connectivity index (χ2n) is 5.65. The highest BCUT2D eigenvalue weighted by molar-refractivity contribution is 9.10. The van der Waals surface area contributed by atoms with Gasteiger partial charge < -0.3 is 0 Å². The van der Waals surface area contributed by atoms with E-state index in [-0.39, 0.29) is 0 Å². The predicted octanol–water partition coefficient (Wildman–Crippen LogP) is 4.71. The Morgan fingerprint density at radius 3 is 2.62 bits per heavy atom. The van der Waals surface area contributed by atoms with E-state index in [9.17, 15) is 0 Å². The van der Waals surface area contributed by atoms with Crippen molar-refractivity contribution in [3.63, 3.8) is 0 Å². The van der Waals surface area contributed by atoms with Gasteiger partial charge in [-0.1, -0.05) is 52.3 Å². The van der Waals surface area contributed by atoms with Crippen LogP contribution in [-0.4, -0.2) is 17.4 Å². The monoisotopic (exact) mass is 397 g/mol. The van der Waals surface area contributed by atoms with Gasteiger partial charge in [-0.2, -0.15) is 5.10 Å². The van der Waals surface area contributed by atoms with Crippen LogP contribution < -0.4 is 4.80 Å². The molecule has 1 aliphatic rings. The van der Waals surface area contributed by atoms with Crippen LogP contribution in [0.25, 0.3) is 11.3 Å². The van der Waals surface area contributed by atoms with E-state index in [2.05, 4.69) is 74.8 Å². The SMILES string of the molecule is CN=c1scc(-c2ccc(Br)cc2)n1N=C1CCc2ccccc21. The molecular formula is C19H16BrN3S. The van der Waals surface area contributed by atoms with Gasteiger partial charge in [0.15, 0.2) is 0 Å². The summed E-state index contributed by atoms with van der Waals surface area (Å²) in [5, 5.41) is 7.09. The number of halogens is 1. The molecule has 0 amide bonds. The minimum Gasteiger partial charge on any atom is -0.261 e. The zero-order valence-corrected chi connectivity index (χ0v) is 15.6. The van der Waals surface area contributed by atoms with Gasteiger partial charge in [-0.3, -0.25) is 4.99 Å². The van der Waals surface area contributed by atoms with Gasteiger partial charge in [0.2, 0.25) is 4.80 Å². The molecule has 3 nitrogen and oxygen atoms in total. The molecule has 3 aromatic rings. The van der Waals surface area contributed by atoms with Crippen LogP contribution in [0.4, 0.5) is 0 Å². The van der Waals surface area contributed by atoms with Crippen LogP contribution in [-0.2, 0) is 6.42 Å². The van der Waals surface area contributed by atoms with E-state index in [1.165, 1.54) is 11.1 Å². The molecule has 0 atom stereocenters. The summed E-state index contributed by atoms with van der Waals surface area (Å²) in [6.07, 6.45) is 2.04. The summed E-state index contributed by atoms with van der Waals surface area (Å²) < 4.78 is 3.05. The maximum Gasteiger partial charge on any atom is 0.205 e. The van der Waals surface area contributed by atoms with E-state index >= 15 is 0 Å². The molecule has 0 radical (unpaired) electrons. The molecule has 0 aliphatic heterocycles. The van der Waals surface area contributed by atoms with Gasteiger partial charge in [-0.05, 0) is 30.5 Å². The van der Waals surface area contributed by atoms with Gasteiger partial charge in [0, 0.05) is 28.0 Å². The smallest absolute Gasteiger partial charge is 0.205 e. The summed E-state index contributed by atoms with van der Waals surface area (Å²) in [5.74, 6) is 0. The maximum absolute atomic E-state index is 4.97. The van der Waals surface area contributed by atoms with E-state index in [1.54, 1.807) is 11.3 Å². The van der Waals surface area contributed by atoms with Crippen molar-refractivity contribution in [1.82, 2.24) is 4.68 Å². The van der Waals surface area contributed by atoms with E-state index in [4.69, 9.17) is 5.10 Å². The Morgan fingerprint density at radius 1 is 1.04 bits per heavy atom. The largest absolute Gasteiger partial charge is 0.261 e. The summed E-state index contributed by atoms with van der Waals surface area (Å²) in [6.45, 7) is 0. The van der Waals surface area contributed by atoms with Crippen molar-refractivity contribution in [3.8, 4) is 11.3 Å². The first-order valence-electron chi connectivity index (χ1n) is 7.81. The number of thiazole rings is 1. The first kappa shape index (κ1) is 15.5. The Bertz CT molecular complexity index is 980. The number of nitrogens with zero attached hydrogens (tertiary/aromatic N) is 3. The minimum absolute atomic E-state index is 0.907. The zero-order chi connectivity index (χ0) is 16.5. The molecule has 0 bridgehead atoms. The van der Waals surface area contributed by atoms with Gasteiger partial charge in [0.25, 0.3) is 0 Å². The lowest BCUT2D eigenvalue weighted by Crippen LogP contribution is -2.14. The molecule has 120 valence electrons. The van der Waals surface area contributed by atoms with E-state index < -0.39 is 0 Å². The van der Waals surface area contributed by atoms with Crippen LogP contribution in [0.3, 0.4) is 0 Å². The van der Waals surface area contributed by atoms with Gasteiger partial charge in [0.05, 0.1) is 11.4 Å². The van der Waals surface area contributed by atoms with Crippen LogP contribution in [0.15, 0.2) is 68.5 Å². The molecule has 2 aromatic carbocycles. The fourth-order valence-electron chi connectivity index (χ4n) is 3.00. The number of aryl methyl sites for hydroxylation is 1. The van der Waals surface area contributed by atoms with Crippen LogP contribution >= 0.6 is 27.3 Å². The second kappa shape index (κ2) is 6.49. The summed E-state index contributed by atoms with van der Waals surface area (Å²) >= 11 is 5.11. The lowest BCUT2D eigenvalue weighted by molar-refractivity contribution is 0.837. The Kier molecular flexibility index (Phi) is 4.21. The third-order valence-corrected chi connectivity index (χ3v) is 5.63. The lowest BCUT2D eigenvalue weighted by atomic mass is 10.1. The van der Waals surface area contributed by atoms with Crippen molar-refractivity contribution in [3.05, 3.63) is 74.3 Å². The number of benzene rings is 2. The number of hydrogen-bond donors (Lipinski definition) is 0. The number of hydrogen-bond acceptors (Lipinski definition) is 3. The van der Waals surface area contributed by atoms with Crippen molar-refractivity contribution in [1.29, 1.82) is 0 Å². The van der Waals surface area contributed by atoms with Gasteiger partial charge in [-0.15, -0.1) is 11.3 Å². The highest BCUT2D eigenvalue weighted by atomic mass is 79.9. The van der Waals surface area contributed by atoms with E-state index in [0.29, 0.717) is 0 Å². The number of aromatic nitrogens is 1. The van der Waals surface area contributed by atoms with Crippen LogP contribution in [0.2, 0.25) is 0 Å². The molecule has 0 saturated heterocycles. The Morgan fingerprint density at radius 2 is 1.83 bits per heavy atom. The van der Waals surface area contributed by atoms with E-state index in [0.717, 1.165) is 39.1 Å². The van der Waals surface area contributed by atoms with Crippen molar-refractivity contribution >= 4 is 33.0 Å². The topological polar surface area (TPSA) is 29.6 Å². The highest BCUT2D eigenvalue weighted by Gasteiger charge is 2.18. The van der Waals surface area contributed by atoms with Gasteiger partial charge in [-0.25, -0.2) is 4.68 Å². The Hall–Kier alpha value is -1.98. The second-order valence-corrected chi connectivity index (χ2v) is 7.40. The molecule has 4 rings (SSSR count). The fourth-order valence-corrected chi connectivity index (χ4v) is 4.06. The van der Waals surface area contributed by atoms with Crippen LogP contribution in [0, 0.1) is 0 Å². The van der Waals surface area contributed by atoms with Crippen molar-refractivity contribution in [2.75, 3.05) is 7.05 Å². The zero-order valence-electron chi connectivity index (χ0n) is 13.2.